The van der Waals surface area contributed by atoms with Crippen molar-refractivity contribution in [3.8, 4) is 0 Å². The van der Waals surface area contributed by atoms with Crippen LogP contribution in [0.25, 0.3) is 11.2 Å². The van der Waals surface area contributed by atoms with Crippen molar-refractivity contribution in [1.82, 2.24) is 19.9 Å². The molecule has 2 N–H and O–H groups in total. The summed E-state index contributed by atoms with van der Waals surface area (Å²) in [6, 6.07) is 0. The molecular weight excluding hydrogens is 144 g/mol. The van der Waals surface area contributed by atoms with E-state index in [1.54, 1.807) is 6.20 Å². The SMILES string of the molecule is C.O=c1[nH]c2cncnc2[nH]1. The zero-order valence-corrected chi connectivity index (χ0v) is 4.96. The van der Waals surface area contributed by atoms with E-state index in [0.29, 0.717) is 11.2 Å². The van der Waals surface area contributed by atoms with Crippen LogP contribution in [0.15, 0.2) is 17.3 Å². The maximum Gasteiger partial charge on any atom is 0.325 e. The number of nitrogens with one attached hydrogen (secondary N) is 2. The van der Waals surface area contributed by atoms with Crippen molar-refractivity contribution < 1.29 is 0 Å². The monoisotopic (exact) mass is 152 g/mol. The van der Waals surface area contributed by atoms with Crippen LogP contribution in [-0.4, -0.2) is 19.9 Å². The van der Waals surface area contributed by atoms with E-state index in [-0.39, 0.29) is 13.1 Å². The molecule has 0 unspecified atom stereocenters. The number of H-pyrrole nitrogens is 2. The summed E-state index contributed by atoms with van der Waals surface area (Å²) in [6.45, 7) is 0. The first-order valence-corrected chi connectivity index (χ1v) is 2.74. The first-order valence-electron chi connectivity index (χ1n) is 2.74. The average Bonchev–Trinajstić information content (AvgIpc) is 2.27. The van der Waals surface area contributed by atoms with E-state index in [9.17, 15) is 4.79 Å². The van der Waals surface area contributed by atoms with Gasteiger partial charge in [0.1, 0.15) is 11.8 Å². The fourth-order valence-corrected chi connectivity index (χ4v) is 0.782. The highest BCUT2D eigenvalue weighted by Gasteiger charge is 1.94. The second kappa shape index (κ2) is 2.53. The first kappa shape index (κ1) is 7.46. The predicted molar refractivity (Wildman–Crippen MR) is 41.2 cm³/mol. The molecule has 5 heteroatoms. The Morgan fingerprint density at radius 3 is 2.91 bits per heavy atom. The van der Waals surface area contributed by atoms with E-state index in [2.05, 4.69) is 19.9 Å². The van der Waals surface area contributed by atoms with Crippen LogP contribution in [0.4, 0.5) is 0 Å². The summed E-state index contributed by atoms with van der Waals surface area (Å²) in [6.07, 6.45) is 2.92. The Labute approximate surface area is 62.5 Å². The largest absolute Gasteiger partial charge is 0.325 e. The summed E-state index contributed by atoms with van der Waals surface area (Å²) in [5.41, 5.74) is 0.919. The molecule has 0 fully saturated rings. The fraction of sp³-hybridized carbons (Fsp3) is 0.167. The third kappa shape index (κ3) is 1.12. The molecule has 0 atom stereocenters. The molecule has 0 bridgehead atoms. The van der Waals surface area contributed by atoms with E-state index < -0.39 is 0 Å². The van der Waals surface area contributed by atoms with E-state index in [4.69, 9.17) is 0 Å². The maximum absolute atomic E-state index is 10.6. The summed E-state index contributed by atoms with van der Waals surface area (Å²) in [4.78, 5) is 23.2. The first-order chi connectivity index (χ1) is 4.86. The summed E-state index contributed by atoms with van der Waals surface area (Å²) >= 11 is 0. The predicted octanol–water partition coefficient (Wildman–Crippen LogP) is 0.282. The lowest BCUT2D eigenvalue weighted by Gasteiger charge is -1.80. The third-order valence-electron chi connectivity index (χ3n) is 1.19. The number of hydrogen-bond acceptors (Lipinski definition) is 3. The van der Waals surface area contributed by atoms with Gasteiger partial charge in [-0.05, 0) is 0 Å². The highest BCUT2D eigenvalue weighted by atomic mass is 16.1. The Morgan fingerprint density at radius 2 is 2.18 bits per heavy atom. The molecule has 0 radical (unpaired) electrons. The Balaban J connectivity index is 0.000000605. The summed E-state index contributed by atoms with van der Waals surface area (Å²) in [7, 11) is 0. The number of aromatic amines is 2. The normalized spacial score (nSPS) is 9.45. The lowest BCUT2D eigenvalue weighted by atomic mass is 10.6. The average molecular weight is 152 g/mol. The van der Waals surface area contributed by atoms with Gasteiger partial charge in [-0.3, -0.25) is 4.98 Å². The van der Waals surface area contributed by atoms with Crippen molar-refractivity contribution in [2.75, 3.05) is 0 Å². The number of hydrogen-bond donors (Lipinski definition) is 2. The lowest BCUT2D eigenvalue weighted by molar-refractivity contribution is 1.18. The van der Waals surface area contributed by atoms with Gasteiger partial charge in [-0.25, -0.2) is 14.8 Å². The molecule has 0 aromatic carbocycles. The molecule has 2 rings (SSSR count). The number of fused-ring (bicyclic) bond motifs is 1. The lowest BCUT2D eigenvalue weighted by Crippen LogP contribution is -1.99. The van der Waals surface area contributed by atoms with E-state index >= 15 is 0 Å². The highest BCUT2D eigenvalue weighted by Crippen LogP contribution is 1.96. The van der Waals surface area contributed by atoms with Crippen LogP contribution in [0.1, 0.15) is 7.43 Å². The molecule has 0 amide bonds. The van der Waals surface area contributed by atoms with Gasteiger partial charge in [-0.2, -0.15) is 0 Å². The smallest absolute Gasteiger partial charge is 0.303 e. The van der Waals surface area contributed by atoms with Gasteiger partial charge in [0.05, 0.1) is 6.20 Å². The van der Waals surface area contributed by atoms with Crippen LogP contribution in [0.5, 0.6) is 0 Å². The van der Waals surface area contributed by atoms with Gasteiger partial charge >= 0.3 is 5.69 Å². The minimum Gasteiger partial charge on any atom is -0.303 e. The summed E-state index contributed by atoms with van der Waals surface area (Å²) in [5, 5.41) is 0. The highest BCUT2D eigenvalue weighted by molar-refractivity contribution is 5.67. The van der Waals surface area contributed by atoms with Crippen molar-refractivity contribution in [2.45, 2.75) is 7.43 Å². The second-order valence-corrected chi connectivity index (χ2v) is 1.86. The van der Waals surface area contributed by atoms with Crippen LogP contribution >= 0.6 is 0 Å². The number of nitrogens with zero attached hydrogens (tertiary/aromatic N) is 2. The minimum atomic E-state index is -0.254. The van der Waals surface area contributed by atoms with Gasteiger partial charge < -0.3 is 4.98 Å². The maximum atomic E-state index is 10.6. The van der Waals surface area contributed by atoms with Crippen molar-refractivity contribution >= 4 is 11.2 Å². The molecule has 11 heavy (non-hydrogen) atoms. The van der Waals surface area contributed by atoms with E-state index in [1.165, 1.54) is 6.33 Å². The standard InChI is InChI=1S/C5H4N4O.CH4/c10-5-8-3-1-6-2-7-4(3)9-5;/h1-2H,(H2,6,7,8,9,10);1H4. The van der Waals surface area contributed by atoms with Crippen molar-refractivity contribution in [3.05, 3.63) is 23.0 Å². The Morgan fingerprint density at radius 1 is 1.36 bits per heavy atom. The molecule has 0 aliphatic rings. The molecule has 0 aliphatic heterocycles. The minimum absolute atomic E-state index is 0. The third-order valence-corrected chi connectivity index (χ3v) is 1.19. The zero-order chi connectivity index (χ0) is 6.97. The number of imidazole rings is 1. The van der Waals surface area contributed by atoms with Crippen molar-refractivity contribution in [3.63, 3.8) is 0 Å². The summed E-state index contributed by atoms with van der Waals surface area (Å²) < 4.78 is 0. The van der Waals surface area contributed by atoms with Crippen LogP contribution < -0.4 is 5.69 Å². The molecule has 5 nitrogen and oxygen atoms in total. The topological polar surface area (TPSA) is 74.4 Å². The molecule has 0 spiro atoms. The van der Waals surface area contributed by atoms with Crippen LogP contribution in [0, 0.1) is 0 Å². The van der Waals surface area contributed by atoms with E-state index in [1.807, 2.05) is 0 Å². The quantitative estimate of drug-likeness (QED) is 0.569. The molecule has 0 saturated heterocycles. The molecule has 0 aliphatic carbocycles. The van der Waals surface area contributed by atoms with Crippen molar-refractivity contribution in [1.29, 1.82) is 0 Å². The number of rotatable bonds is 0. The van der Waals surface area contributed by atoms with Gasteiger partial charge in [-0.15, -0.1) is 0 Å². The van der Waals surface area contributed by atoms with Gasteiger partial charge in [0.2, 0.25) is 0 Å². The molecule has 0 saturated carbocycles. The molecule has 2 aromatic heterocycles. The summed E-state index contributed by atoms with van der Waals surface area (Å²) in [5.74, 6) is 0. The Hall–Kier alpha value is -1.65. The second-order valence-electron chi connectivity index (χ2n) is 1.86. The van der Waals surface area contributed by atoms with Gasteiger partial charge in [0.15, 0.2) is 5.65 Å². The Kier molecular flexibility index (Phi) is 1.72. The van der Waals surface area contributed by atoms with Gasteiger partial charge in [0.25, 0.3) is 0 Å². The van der Waals surface area contributed by atoms with Gasteiger partial charge in [-0.1, -0.05) is 7.43 Å². The van der Waals surface area contributed by atoms with Gasteiger partial charge in [0, 0.05) is 0 Å². The van der Waals surface area contributed by atoms with Crippen LogP contribution in [0.3, 0.4) is 0 Å². The molecule has 2 heterocycles. The van der Waals surface area contributed by atoms with E-state index in [0.717, 1.165) is 0 Å². The van der Waals surface area contributed by atoms with Crippen molar-refractivity contribution in [2.24, 2.45) is 0 Å². The molecule has 2 aromatic rings. The molecule has 58 valence electrons. The Bertz CT molecular complexity index is 366. The number of aromatic nitrogens is 4. The van der Waals surface area contributed by atoms with Crippen LogP contribution in [0.2, 0.25) is 0 Å². The zero-order valence-electron chi connectivity index (χ0n) is 4.96. The van der Waals surface area contributed by atoms with Crippen LogP contribution in [-0.2, 0) is 0 Å². The molecular formula is C6H8N4O. The fourth-order valence-electron chi connectivity index (χ4n) is 0.782.